The number of carboxylic acids is 1. The van der Waals surface area contributed by atoms with E-state index in [-0.39, 0.29) is 6.42 Å². The average Bonchev–Trinajstić information content (AvgIpc) is 2.32. The molecule has 12 heavy (non-hydrogen) atoms. The molecule has 5 heteroatoms. The first kappa shape index (κ1) is 8.58. The van der Waals surface area contributed by atoms with E-state index in [1.807, 2.05) is 6.92 Å². The Balaban J connectivity index is 2.87. The van der Waals surface area contributed by atoms with Gasteiger partial charge in [0, 0.05) is 12.1 Å². The van der Waals surface area contributed by atoms with Crippen LogP contribution in [0.2, 0.25) is 0 Å². The summed E-state index contributed by atoms with van der Waals surface area (Å²) >= 11 is 0. The van der Waals surface area contributed by atoms with Crippen LogP contribution in [0.5, 0.6) is 0 Å². The zero-order valence-corrected chi connectivity index (χ0v) is 6.82. The number of aryl methyl sites for hydroxylation is 1. The van der Waals surface area contributed by atoms with Crippen molar-refractivity contribution in [3.63, 3.8) is 0 Å². The second-order valence-electron chi connectivity index (χ2n) is 2.44. The van der Waals surface area contributed by atoms with E-state index >= 15 is 0 Å². The van der Waals surface area contributed by atoms with Crippen molar-refractivity contribution in [3.8, 4) is 0 Å². The summed E-state index contributed by atoms with van der Waals surface area (Å²) < 4.78 is 1.57. The number of carbonyl (C=O) groups is 1. The van der Waals surface area contributed by atoms with Gasteiger partial charge in [-0.1, -0.05) is 0 Å². The van der Waals surface area contributed by atoms with Gasteiger partial charge in [0.05, 0.1) is 12.6 Å². The molecule has 5 nitrogen and oxygen atoms in total. The van der Waals surface area contributed by atoms with Crippen LogP contribution in [0.4, 0.5) is 5.82 Å². The minimum absolute atomic E-state index is 0.0637. The molecule has 3 N–H and O–H groups in total. The molecule has 0 unspecified atom stereocenters. The molecule has 0 spiro atoms. The lowest BCUT2D eigenvalue weighted by atomic mass is 10.2. The second-order valence-corrected chi connectivity index (χ2v) is 2.44. The first-order chi connectivity index (χ1) is 5.65. The second kappa shape index (κ2) is 3.25. The van der Waals surface area contributed by atoms with Crippen molar-refractivity contribution in [2.75, 3.05) is 5.73 Å². The molecule has 0 amide bonds. The van der Waals surface area contributed by atoms with E-state index in [1.54, 1.807) is 4.68 Å². The predicted molar refractivity (Wildman–Crippen MR) is 43.7 cm³/mol. The zero-order valence-electron chi connectivity index (χ0n) is 6.82. The molecule has 66 valence electrons. The lowest BCUT2D eigenvalue weighted by Crippen LogP contribution is -2.06. The Bertz CT molecular complexity index is 293. The number of rotatable bonds is 3. The highest BCUT2D eigenvalue weighted by molar-refractivity contribution is 5.71. The maximum Gasteiger partial charge on any atom is 0.308 e. The molecule has 0 radical (unpaired) electrons. The first-order valence-electron chi connectivity index (χ1n) is 3.67. The minimum Gasteiger partial charge on any atom is -0.481 e. The summed E-state index contributed by atoms with van der Waals surface area (Å²) in [5.41, 5.74) is 6.17. The summed E-state index contributed by atoms with van der Waals surface area (Å²) in [6.45, 7) is 2.55. The summed E-state index contributed by atoms with van der Waals surface area (Å²) in [6.07, 6.45) is 1.43. The minimum atomic E-state index is -0.891. The number of nitrogen functional groups attached to an aromatic ring is 1. The summed E-state index contributed by atoms with van der Waals surface area (Å²) in [4.78, 5) is 10.3. The third-order valence-electron chi connectivity index (χ3n) is 1.60. The molecular formula is C7H11N3O2. The van der Waals surface area contributed by atoms with Gasteiger partial charge in [-0.05, 0) is 6.92 Å². The van der Waals surface area contributed by atoms with E-state index in [1.165, 1.54) is 6.20 Å². The van der Waals surface area contributed by atoms with Crippen molar-refractivity contribution in [2.45, 2.75) is 19.9 Å². The molecule has 0 saturated carbocycles. The third-order valence-corrected chi connectivity index (χ3v) is 1.60. The molecule has 1 rings (SSSR count). The Kier molecular flexibility index (Phi) is 2.32. The van der Waals surface area contributed by atoms with E-state index < -0.39 is 5.97 Å². The molecule has 0 bridgehead atoms. The van der Waals surface area contributed by atoms with E-state index in [2.05, 4.69) is 5.10 Å². The van der Waals surface area contributed by atoms with Crippen LogP contribution >= 0.6 is 0 Å². The van der Waals surface area contributed by atoms with Crippen molar-refractivity contribution in [2.24, 2.45) is 0 Å². The Morgan fingerprint density at radius 1 is 1.83 bits per heavy atom. The third kappa shape index (κ3) is 1.55. The SMILES string of the molecule is CCn1ncc(CC(=O)O)c1N. The van der Waals surface area contributed by atoms with Crippen molar-refractivity contribution < 1.29 is 9.90 Å². The molecule has 0 aromatic carbocycles. The monoisotopic (exact) mass is 169 g/mol. The van der Waals surface area contributed by atoms with E-state index in [9.17, 15) is 4.79 Å². The molecule has 0 fully saturated rings. The zero-order chi connectivity index (χ0) is 9.14. The Hall–Kier alpha value is -1.52. The number of hydrogen-bond donors (Lipinski definition) is 2. The standard InChI is InChI=1S/C7H11N3O2/c1-2-10-7(8)5(4-9-10)3-6(11)12/h4H,2-3,8H2,1H3,(H,11,12). The Morgan fingerprint density at radius 3 is 2.92 bits per heavy atom. The molecule has 0 atom stereocenters. The van der Waals surface area contributed by atoms with Crippen LogP contribution in [-0.4, -0.2) is 20.9 Å². The summed E-state index contributed by atoms with van der Waals surface area (Å²) in [5, 5.41) is 12.4. The van der Waals surface area contributed by atoms with Crippen molar-refractivity contribution >= 4 is 11.8 Å². The molecule has 0 aliphatic heterocycles. The van der Waals surface area contributed by atoms with Gasteiger partial charge in [-0.3, -0.25) is 9.48 Å². The number of nitrogens with two attached hydrogens (primary N) is 1. The molecule has 0 aliphatic rings. The lowest BCUT2D eigenvalue weighted by Gasteiger charge is -1.99. The normalized spacial score (nSPS) is 10.1. The fourth-order valence-corrected chi connectivity index (χ4v) is 0.985. The van der Waals surface area contributed by atoms with Crippen LogP contribution in [0.15, 0.2) is 6.20 Å². The fourth-order valence-electron chi connectivity index (χ4n) is 0.985. The molecule has 0 saturated heterocycles. The fraction of sp³-hybridized carbons (Fsp3) is 0.429. The highest BCUT2D eigenvalue weighted by Gasteiger charge is 2.08. The maximum atomic E-state index is 10.3. The summed E-state index contributed by atoms with van der Waals surface area (Å²) in [7, 11) is 0. The molecule has 0 aliphatic carbocycles. The Morgan fingerprint density at radius 2 is 2.50 bits per heavy atom. The highest BCUT2D eigenvalue weighted by atomic mass is 16.4. The number of aromatic nitrogens is 2. The predicted octanol–water partition coefficient (Wildman–Crippen LogP) is 0.112. The van der Waals surface area contributed by atoms with Gasteiger partial charge in [-0.25, -0.2) is 0 Å². The van der Waals surface area contributed by atoms with Crippen LogP contribution in [0, 0.1) is 0 Å². The smallest absolute Gasteiger partial charge is 0.308 e. The quantitative estimate of drug-likeness (QED) is 0.673. The molecule has 1 aromatic heterocycles. The molecular weight excluding hydrogens is 158 g/mol. The van der Waals surface area contributed by atoms with Gasteiger partial charge in [-0.15, -0.1) is 0 Å². The van der Waals surface area contributed by atoms with Gasteiger partial charge in [-0.2, -0.15) is 5.10 Å². The van der Waals surface area contributed by atoms with Gasteiger partial charge < -0.3 is 10.8 Å². The topological polar surface area (TPSA) is 81.1 Å². The lowest BCUT2D eigenvalue weighted by molar-refractivity contribution is -0.136. The van der Waals surface area contributed by atoms with Crippen LogP contribution < -0.4 is 5.73 Å². The molecule has 1 heterocycles. The maximum absolute atomic E-state index is 10.3. The highest BCUT2D eigenvalue weighted by Crippen LogP contribution is 2.10. The average molecular weight is 169 g/mol. The van der Waals surface area contributed by atoms with E-state index in [0.29, 0.717) is 17.9 Å². The molecule has 1 aromatic rings. The van der Waals surface area contributed by atoms with Crippen LogP contribution in [0.25, 0.3) is 0 Å². The van der Waals surface area contributed by atoms with Gasteiger partial charge in [0.1, 0.15) is 5.82 Å². The van der Waals surface area contributed by atoms with Crippen LogP contribution in [-0.2, 0) is 17.8 Å². The van der Waals surface area contributed by atoms with Crippen molar-refractivity contribution in [1.82, 2.24) is 9.78 Å². The number of aliphatic carboxylic acids is 1. The van der Waals surface area contributed by atoms with Crippen molar-refractivity contribution in [3.05, 3.63) is 11.8 Å². The van der Waals surface area contributed by atoms with E-state index in [4.69, 9.17) is 10.8 Å². The van der Waals surface area contributed by atoms with Crippen molar-refractivity contribution in [1.29, 1.82) is 0 Å². The first-order valence-corrected chi connectivity index (χ1v) is 3.67. The van der Waals surface area contributed by atoms with Crippen LogP contribution in [0.3, 0.4) is 0 Å². The van der Waals surface area contributed by atoms with Gasteiger partial charge in [0.25, 0.3) is 0 Å². The number of carboxylic acid groups (broad SMARTS) is 1. The van der Waals surface area contributed by atoms with Gasteiger partial charge in [0.15, 0.2) is 0 Å². The van der Waals surface area contributed by atoms with Crippen LogP contribution in [0.1, 0.15) is 12.5 Å². The van der Waals surface area contributed by atoms with Gasteiger partial charge >= 0.3 is 5.97 Å². The Labute approximate surface area is 69.8 Å². The number of hydrogen-bond acceptors (Lipinski definition) is 3. The largest absolute Gasteiger partial charge is 0.481 e. The van der Waals surface area contributed by atoms with E-state index in [0.717, 1.165) is 0 Å². The number of nitrogens with zero attached hydrogens (tertiary/aromatic N) is 2. The summed E-state index contributed by atoms with van der Waals surface area (Å²) in [6, 6.07) is 0. The van der Waals surface area contributed by atoms with Gasteiger partial charge in [0.2, 0.25) is 0 Å². The summed E-state index contributed by atoms with van der Waals surface area (Å²) in [5.74, 6) is -0.447. The number of anilines is 1.